The van der Waals surface area contributed by atoms with E-state index >= 15 is 0 Å². The number of benzene rings is 1. The standard InChI is InChI=1S/C17H27ClN2/c1-17(13-19,12-14-8-10-15(18)11-9-14)20(2)16-6-4-3-5-7-16/h8-11,16H,3-7,12-13,19H2,1-2H3. The number of rotatable bonds is 5. The van der Waals surface area contributed by atoms with E-state index in [-0.39, 0.29) is 5.54 Å². The van der Waals surface area contributed by atoms with E-state index in [1.807, 2.05) is 12.1 Å². The lowest BCUT2D eigenvalue weighted by atomic mass is 9.86. The van der Waals surface area contributed by atoms with Crippen molar-refractivity contribution in [1.29, 1.82) is 0 Å². The van der Waals surface area contributed by atoms with Gasteiger partial charge >= 0.3 is 0 Å². The highest BCUT2D eigenvalue weighted by Crippen LogP contribution is 2.29. The van der Waals surface area contributed by atoms with Crippen LogP contribution in [0.5, 0.6) is 0 Å². The van der Waals surface area contributed by atoms with E-state index in [1.54, 1.807) is 0 Å². The monoisotopic (exact) mass is 294 g/mol. The molecule has 1 aliphatic rings. The largest absolute Gasteiger partial charge is 0.329 e. The first-order chi connectivity index (χ1) is 9.55. The average molecular weight is 295 g/mol. The van der Waals surface area contributed by atoms with Crippen LogP contribution in [-0.4, -0.2) is 30.1 Å². The molecule has 2 nitrogen and oxygen atoms in total. The Hall–Kier alpha value is -0.570. The van der Waals surface area contributed by atoms with Crippen LogP contribution in [-0.2, 0) is 6.42 Å². The lowest BCUT2D eigenvalue weighted by Gasteiger charge is -2.44. The molecule has 112 valence electrons. The van der Waals surface area contributed by atoms with Gasteiger partial charge in [0, 0.05) is 23.1 Å². The Morgan fingerprint density at radius 1 is 1.20 bits per heavy atom. The third-order valence-corrected chi connectivity index (χ3v) is 5.16. The molecule has 1 fully saturated rings. The van der Waals surface area contributed by atoms with Crippen molar-refractivity contribution in [2.24, 2.45) is 5.73 Å². The molecule has 0 radical (unpaired) electrons. The van der Waals surface area contributed by atoms with E-state index in [0.29, 0.717) is 12.6 Å². The fourth-order valence-corrected chi connectivity index (χ4v) is 3.42. The molecule has 0 aromatic heterocycles. The topological polar surface area (TPSA) is 29.3 Å². The number of nitrogens with two attached hydrogens (primary N) is 1. The lowest BCUT2D eigenvalue weighted by molar-refractivity contribution is 0.0705. The molecule has 0 spiro atoms. The molecule has 0 saturated heterocycles. The summed E-state index contributed by atoms with van der Waals surface area (Å²) in [6.45, 7) is 2.97. The van der Waals surface area contributed by atoms with E-state index in [0.717, 1.165) is 11.4 Å². The highest BCUT2D eigenvalue weighted by Gasteiger charge is 2.33. The van der Waals surface area contributed by atoms with Crippen molar-refractivity contribution >= 4 is 11.6 Å². The predicted octanol–water partition coefficient (Wildman–Crippen LogP) is 3.86. The zero-order valence-corrected chi connectivity index (χ0v) is 13.5. The fraction of sp³-hybridized carbons (Fsp3) is 0.647. The van der Waals surface area contributed by atoms with Crippen LogP contribution in [0.1, 0.15) is 44.6 Å². The summed E-state index contributed by atoms with van der Waals surface area (Å²) in [5, 5.41) is 0.795. The maximum Gasteiger partial charge on any atom is 0.0406 e. The van der Waals surface area contributed by atoms with Gasteiger partial charge in [0.15, 0.2) is 0 Å². The summed E-state index contributed by atoms with van der Waals surface area (Å²) in [4.78, 5) is 2.53. The van der Waals surface area contributed by atoms with Crippen molar-refractivity contribution in [3.05, 3.63) is 34.9 Å². The van der Waals surface area contributed by atoms with Crippen molar-refractivity contribution in [1.82, 2.24) is 4.90 Å². The van der Waals surface area contributed by atoms with Crippen molar-refractivity contribution in [3.8, 4) is 0 Å². The van der Waals surface area contributed by atoms with Gasteiger partial charge in [0.05, 0.1) is 0 Å². The fourth-order valence-electron chi connectivity index (χ4n) is 3.29. The summed E-state index contributed by atoms with van der Waals surface area (Å²) < 4.78 is 0. The van der Waals surface area contributed by atoms with E-state index in [4.69, 9.17) is 17.3 Å². The molecule has 2 rings (SSSR count). The van der Waals surface area contributed by atoms with Gasteiger partial charge in [-0.25, -0.2) is 0 Å². The molecule has 3 heteroatoms. The summed E-state index contributed by atoms with van der Waals surface area (Å²) in [5.41, 5.74) is 7.46. The van der Waals surface area contributed by atoms with Gasteiger partial charge in [0.1, 0.15) is 0 Å². The first kappa shape index (κ1) is 15.8. The Labute approximate surface area is 128 Å². The van der Waals surface area contributed by atoms with Gasteiger partial charge in [-0.2, -0.15) is 0 Å². The average Bonchev–Trinajstić information content (AvgIpc) is 2.49. The van der Waals surface area contributed by atoms with Gasteiger partial charge in [-0.3, -0.25) is 4.90 Å². The molecule has 0 aliphatic heterocycles. The summed E-state index contributed by atoms with van der Waals surface area (Å²) in [7, 11) is 2.25. The van der Waals surface area contributed by atoms with Crippen molar-refractivity contribution < 1.29 is 0 Å². The van der Waals surface area contributed by atoms with E-state index in [1.165, 1.54) is 37.7 Å². The lowest BCUT2D eigenvalue weighted by Crippen LogP contribution is -2.55. The first-order valence-corrected chi connectivity index (χ1v) is 8.10. The highest BCUT2D eigenvalue weighted by molar-refractivity contribution is 6.30. The number of likely N-dealkylation sites (N-methyl/N-ethyl adjacent to an activating group) is 1. The molecule has 0 heterocycles. The Kier molecular flexibility index (Phi) is 5.48. The minimum absolute atomic E-state index is 0.0236. The van der Waals surface area contributed by atoms with Gasteiger partial charge in [0.2, 0.25) is 0 Å². The molecule has 1 atom stereocenters. The molecule has 0 amide bonds. The Morgan fingerprint density at radius 2 is 1.80 bits per heavy atom. The smallest absolute Gasteiger partial charge is 0.0406 e. The van der Waals surface area contributed by atoms with E-state index in [9.17, 15) is 0 Å². The van der Waals surface area contributed by atoms with Crippen molar-refractivity contribution in [2.75, 3.05) is 13.6 Å². The third-order valence-electron chi connectivity index (χ3n) is 4.91. The Balaban J connectivity index is 2.08. The molecule has 1 aromatic carbocycles. The summed E-state index contributed by atoms with van der Waals surface area (Å²) in [6.07, 6.45) is 7.71. The molecule has 1 unspecified atom stereocenters. The Bertz CT molecular complexity index is 412. The summed E-state index contributed by atoms with van der Waals surface area (Å²) >= 11 is 5.97. The second kappa shape index (κ2) is 6.93. The van der Waals surface area contributed by atoms with Crippen LogP contribution in [0.15, 0.2) is 24.3 Å². The molecule has 1 aromatic rings. The van der Waals surface area contributed by atoms with Crippen LogP contribution < -0.4 is 5.73 Å². The molecule has 20 heavy (non-hydrogen) atoms. The number of hydrogen-bond donors (Lipinski definition) is 1. The van der Waals surface area contributed by atoms with Crippen molar-refractivity contribution in [2.45, 2.75) is 57.0 Å². The van der Waals surface area contributed by atoms with Gasteiger partial charge < -0.3 is 5.73 Å². The highest BCUT2D eigenvalue weighted by atomic mass is 35.5. The van der Waals surface area contributed by atoms with Crippen LogP contribution >= 0.6 is 11.6 Å². The van der Waals surface area contributed by atoms with Crippen LogP contribution in [0.25, 0.3) is 0 Å². The summed E-state index contributed by atoms with van der Waals surface area (Å²) in [6, 6.07) is 8.85. The zero-order valence-electron chi connectivity index (χ0n) is 12.7. The second-order valence-electron chi connectivity index (χ2n) is 6.41. The minimum atomic E-state index is 0.0236. The predicted molar refractivity (Wildman–Crippen MR) is 87.3 cm³/mol. The molecule has 1 aliphatic carbocycles. The second-order valence-corrected chi connectivity index (χ2v) is 6.84. The van der Waals surface area contributed by atoms with Crippen LogP contribution in [0.4, 0.5) is 0 Å². The van der Waals surface area contributed by atoms with Crippen LogP contribution in [0.3, 0.4) is 0 Å². The normalized spacial score (nSPS) is 20.1. The van der Waals surface area contributed by atoms with Gasteiger partial charge in [-0.15, -0.1) is 0 Å². The van der Waals surface area contributed by atoms with Crippen LogP contribution in [0, 0.1) is 0 Å². The van der Waals surface area contributed by atoms with Gasteiger partial charge in [-0.05, 0) is 50.9 Å². The van der Waals surface area contributed by atoms with Crippen LogP contribution in [0.2, 0.25) is 5.02 Å². The summed E-state index contributed by atoms with van der Waals surface area (Å²) in [5.74, 6) is 0. The minimum Gasteiger partial charge on any atom is -0.329 e. The maximum absolute atomic E-state index is 6.12. The van der Waals surface area contributed by atoms with Gasteiger partial charge in [0.25, 0.3) is 0 Å². The van der Waals surface area contributed by atoms with E-state index in [2.05, 4.69) is 31.0 Å². The molecular formula is C17H27ClN2. The third kappa shape index (κ3) is 3.75. The molecule has 2 N–H and O–H groups in total. The van der Waals surface area contributed by atoms with Crippen molar-refractivity contribution in [3.63, 3.8) is 0 Å². The number of halogens is 1. The first-order valence-electron chi connectivity index (χ1n) is 7.72. The number of nitrogens with zero attached hydrogens (tertiary/aromatic N) is 1. The van der Waals surface area contributed by atoms with Gasteiger partial charge in [-0.1, -0.05) is 43.0 Å². The van der Waals surface area contributed by atoms with E-state index < -0.39 is 0 Å². The Morgan fingerprint density at radius 3 is 2.35 bits per heavy atom. The number of hydrogen-bond acceptors (Lipinski definition) is 2. The quantitative estimate of drug-likeness (QED) is 0.893. The zero-order chi connectivity index (χ0) is 14.6. The maximum atomic E-state index is 6.12. The molecule has 1 saturated carbocycles. The molecule has 0 bridgehead atoms. The molecular weight excluding hydrogens is 268 g/mol. The SMILES string of the molecule is CN(C1CCCCC1)C(C)(CN)Cc1ccc(Cl)cc1.